The smallest absolute Gasteiger partial charge is 0.408 e. The number of benzene rings is 2. The average Bonchev–Trinajstić information content (AvgIpc) is 3.10. The number of nitrogens with zero attached hydrogens (tertiary/aromatic N) is 2. The summed E-state index contributed by atoms with van der Waals surface area (Å²) in [6.45, 7) is 4.21. The molecule has 4 aromatic rings. The Morgan fingerprint density at radius 3 is 2.81 bits per heavy atom. The number of oxazole rings is 1. The number of amides is 2. The van der Waals surface area contributed by atoms with Gasteiger partial charge in [-0.1, -0.05) is 18.2 Å². The topological polar surface area (TPSA) is 151 Å². The van der Waals surface area contributed by atoms with Crippen molar-refractivity contribution in [2.45, 2.75) is 13.8 Å². The van der Waals surface area contributed by atoms with Crippen LogP contribution >= 0.6 is 0 Å². The van der Waals surface area contributed by atoms with E-state index in [1.807, 2.05) is 32.0 Å². The van der Waals surface area contributed by atoms with Crippen molar-refractivity contribution in [3.63, 3.8) is 0 Å². The number of aromatic nitrogens is 3. The lowest BCUT2D eigenvalue weighted by Crippen LogP contribution is -2.28. The highest BCUT2D eigenvalue weighted by atomic mass is 16.4. The Balaban J connectivity index is 1.73. The molecule has 0 radical (unpaired) electrons. The number of para-hydroxylation sites is 1. The van der Waals surface area contributed by atoms with Crippen LogP contribution in [0, 0.1) is 6.92 Å². The van der Waals surface area contributed by atoms with Crippen molar-refractivity contribution >= 4 is 40.3 Å². The third-order valence-electron chi connectivity index (χ3n) is 4.61. The number of aromatic amines is 1. The van der Waals surface area contributed by atoms with Crippen LogP contribution < -0.4 is 27.4 Å². The lowest BCUT2D eigenvalue weighted by Gasteiger charge is -2.16. The maximum absolute atomic E-state index is 12.0. The molecule has 0 fully saturated rings. The molecule has 0 aliphatic heterocycles. The molecule has 6 N–H and O–H groups in total. The van der Waals surface area contributed by atoms with Crippen LogP contribution in [-0.2, 0) is 0 Å². The number of nitrogens with two attached hydrogens (primary N) is 1. The second kappa shape index (κ2) is 8.19. The largest absolute Gasteiger partial charge is 0.417 e. The Bertz CT molecular complexity index is 1330. The summed E-state index contributed by atoms with van der Waals surface area (Å²) >= 11 is 0. The maximum Gasteiger partial charge on any atom is 0.417 e. The third-order valence-corrected chi connectivity index (χ3v) is 4.61. The third kappa shape index (κ3) is 4.17. The number of nitrogen functional groups attached to an aromatic ring is 1. The van der Waals surface area contributed by atoms with E-state index in [1.165, 1.54) is 0 Å². The Morgan fingerprint density at radius 2 is 2.00 bits per heavy atom. The van der Waals surface area contributed by atoms with Crippen LogP contribution in [0.25, 0.3) is 22.4 Å². The van der Waals surface area contributed by atoms with Gasteiger partial charge in [-0.2, -0.15) is 4.98 Å². The Kier molecular flexibility index (Phi) is 5.27. The van der Waals surface area contributed by atoms with Gasteiger partial charge in [0.15, 0.2) is 5.58 Å². The standard InChI is InChI=1S/C21H21N7O3/c1-3-23-20(29)25-14-7-5-4-6-13(14)17-11(2)18(28-19(22)27-17)24-12-8-9-16-15(10-12)26-21(30)31-16/h4-10H,3H2,1-2H3,(H,26,30)(H2,23,25,29)(H3,22,24,27,28). The van der Waals surface area contributed by atoms with E-state index in [9.17, 15) is 9.59 Å². The van der Waals surface area contributed by atoms with Gasteiger partial charge in [-0.05, 0) is 38.1 Å². The molecule has 2 aromatic carbocycles. The van der Waals surface area contributed by atoms with E-state index in [2.05, 4.69) is 30.9 Å². The molecule has 0 aliphatic rings. The Hall–Kier alpha value is -4.34. The molecule has 2 amide bonds. The Morgan fingerprint density at radius 1 is 1.19 bits per heavy atom. The summed E-state index contributed by atoms with van der Waals surface area (Å²) in [6, 6.07) is 12.2. The second-order valence-corrected chi connectivity index (χ2v) is 6.78. The number of urea groups is 1. The fourth-order valence-electron chi connectivity index (χ4n) is 3.21. The summed E-state index contributed by atoms with van der Waals surface area (Å²) in [5.74, 6) is 0.0577. The first-order chi connectivity index (χ1) is 14.9. The summed E-state index contributed by atoms with van der Waals surface area (Å²) in [5.41, 5.74) is 10.3. The van der Waals surface area contributed by atoms with Crippen molar-refractivity contribution in [3.05, 3.63) is 58.6 Å². The summed E-state index contributed by atoms with van der Waals surface area (Å²) in [6.07, 6.45) is 0. The van der Waals surface area contributed by atoms with Gasteiger partial charge >= 0.3 is 11.8 Å². The molecule has 0 unspecified atom stereocenters. The average molecular weight is 419 g/mol. The predicted octanol–water partition coefficient (Wildman–Crippen LogP) is 3.35. The Labute approximate surface area is 176 Å². The molecule has 10 heteroatoms. The molecule has 0 bridgehead atoms. The van der Waals surface area contributed by atoms with Gasteiger partial charge in [0.25, 0.3) is 0 Å². The van der Waals surface area contributed by atoms with Gasteiger partial charge in [0.05, 0.1) is 16.9 Å². The van der Waals surface area contributed by atoms with Crippen LogP contribution in [0.3, 0.4) is 0 Å². The molecule has 10 nitrogen and oxygen atoms in total. The number of anilines is 4. The minimum atomic E-state index is -0.520. The molecule has 158 valence electrons. The number of H-pyrrole nitrogens is 1. The molecular weight excluding hydrogens is 398 g/mol. The van der Waals surface area contributed by atoms with Crippen molar-refractivity contribution < 1.29 is 9.21 Å². The monoisotopic (exact) mass is 419 g/mol. The molecule has 4 rings (SSSR count). The highest BCUT2D eigenvalue weighted by Gasteiger charge is 2.16. The number of carbonyl (C=O) groups is 1. The van der Waals surface area contributed by atoms with Crippen LogP contribution in [0.2, 0.25) is 0 Å². The number of fused-ring (bicyclic) bond motifs is 1. The summed E-state index contributed by atoms with van der Waals surface area (Å²) in [7, 11) is 0. The zero-order valence-corrected chi connectivity index (χ0v) is 16.9. The first-order valence-electron chi connectivity index (χ1n) is 9.63. The zero-order chi connectivity index (χ0) is 22.0. The van der Waals surface area contributed by atoms with Crippen molar-refractivity contribution in [1.82, 2.24) is 20.3 Å². The van der Waals surface area contributed by atoms with Crippen LogP contribution in [0.5, 0.6) is 0 Å². The van der Waals surface area contributed by atoms with Gasteiger partial charge in [-0.25, -0.2) is 14.6 Å². The van der Waals surface area contributed by atoms with Crippen molar-refractivity contribution in [2.24, 2.45) is 0 Å². The van der Waals surface area contributed by atoms with E-state index in [0.717, 1.165) is 5.56 Å². The number of carbonyl (C=O) groups excluding carboxylic acids is 1. The van der Waals surface area contributed by atoms with E-state index >= 15 is 0 Å². The van der Waals surface area contributed by atoms with Crippen LogP contribution in [-0.4, -0.2) is 27.5 Å². The van der Waals surface area contributed by atoms with Gasteiger partial charge in [-0.3, -0.25) is 4.98 Å². The van der Waals surface area contributed by atoms with Gasteiger partial charge in [-0.15, -0.1) is 0 Å². The second-order valence-electron chi connectivity index (χ2n) is 6.78. The van der Waals surface area contributed by atoms with Crippen LogP contribution in [0.15, 0.2) is 51.7 Å². The predicted molar refractivity (Wildman–Crippen MR) is 119 cm³/mol. The highest BCUT2D eigenvalue weighted by Crippen LogP contribution is 2.33. The zero-order valence-electron chi connectivity index (χ0n) is 16.9. The highest BCUT2D eigenvalue weighted by molar-refractivity contribution is 5.94. The molecule has 0 saturated carbocycles. The van der Waals surface area contributed by atoms with E-state index in [4.69, 9.17) is 10.2 Å². The van der Waals surface area contributed by atoms with Gasteiger partial charge in [0, 0.05) is 23.4 Å². The fraction of sp³-hybridized carbons (Fsp3) is 0.143. The van der Waals surface area contributed by atoms with Gasteiger partial charge in [0.2, 0.25) is 5.95 Å². The van der Waals surface area contributed by atoms with E-state index in [0.29, 0.717) is 46.1 Å². The summed E-state index contributed by atoms with van der Waals surface area (Å²) in [5, 5.41) is 8.75. The van der Waals surface area contributed by atoms with Crippen molar-refractivity contribution in [3.8, 4) is 11.3 Å². The fourth-order valence-corrected chi connectivity index (χ4v) is 3.21. The first kappa shape index (κ1) is 20.0. The molecule has 31 heavy (non-hydrogen) atoms. The molecular formula is C21H21N7O3. The minimum Gasteiger partial charge on any atom is -0.408 e. The lowest BCUT2D eigenvalue weighted by molar-refractivity contribution is 0.252. The maximum atomic E-state index is 12.0. The SMILES string of the molecule is CCNC(=O)Nc1ccccc1-c1nc(N)nc(Nc2ccc3oc(=O)[nH]c3c2)c1C. The molecule has 2 aromatic heterocycles. The molecule has 2 heterocycles. The van der Waals surface area contributed by atoms with Crippen LogP contribution in [0.1, 0.15) is 12.5 Å². The lowest BCUT2D eigenvalue weighted by atomic mass is 10.0. The molecule has 0 aliphatic carbocycles. The van der Waals surface area contributed by atoms with Crippen molar-refractivity contribution in [1.29, 1.82) is 0 Å². The number of nitrogens with one attached hydrogen (secondary N) is 4. The number of rotatable bonds is 5. The summed E-state index contributed by atoms with van der Waals surface area (Å²) < 4.78 is 5.03. The van der Waals surface area contributed by atoms with Gasteiger partial charge < -0.3 is 26.1 Å². The molecule has 0 spiro atoms. The van der Waals surface area contributed by atoms with Gasteiger partial charge in [0.1, 0.15) is 5.82 Å². The van der Waals surface area contributed by atoms with E-state index < -0.39 is 5.76 Å². The summed E-state index contributed by atoms with van der Waals surface area (Å²) in [4.78, 5) is 34.8. The molecule has 0 saturated heterocycles. The van der Waals surface area contributed by atoms with Crippen molar-refractivity contribution in [2.75, 3.05) is 22.9 Å². The molecule has 0 atom stereocenters. The quantitative estimate of drug-likeness (QED) is 0.333. The normalized spacial score (nSPS) is 10.8. The number of hydrogen-bond donors (Lipinski definition) is 5. The van der Waals surface area contributed by atoms with Crippen LogP contribution in [0.4, 0.5) is 27.9 Å². The minimum absolute atomic E-state index is 0.0775. The number of hydrogen-bond acceptors (Lipinski definition) is 7. The first-order valence-corrected chi connectivity index (χ1v) is 9.63. The van der Waals surface area contributed by atoms with E-state index in [1.54, 1.807) is 24.3 Å². The van der Waals surface area contributed by atoms with E-state index in [-0.39, 0.29) is 12.0 Å².